The highest BCUT2D eigenvalue weighted by Crippen LogP contribution is 2.42. The minimum Gasteiger partial charge on any atom is -0.490 e. The van der Waals surface area contributed by atoms with E-state index in [1.807, 2.05) is 0 Å². The van der Waals surface area contributed by atoms with Crippen molar-refractivity contribution in [3.63, 3.8) is 0 Å². The lowest BCUT2D eigenvalue weighted by Gasteiger charge is -2.28. The number of halogens is 3. The fourth-order valence-corrected chi connectivity index (χ4v) is 1.88. The Kier molecular flexibility index (Phi) is 3.61. The summed E-state index contributed by atoms with van der Waals surface area (Å²) in [5, 5.41) is 8.89. The van der Waals surface area contributed by atoms with Crippen LogP contribution in [0.3, 0.4) is 0 Å². The third-order valence-electron chi connectivity index (χ3n) is 2.68. The number of aliphatic carboxylic acids is 1. The predicted octanol–water partition coefficient (Wildman–Crippen LogP) is 2.88. The largest absolute Gasteiger partial charge is 0.490 e. The van der Waals surface area contributed by atoms with Crippen LogP contribution in [0.5, 0.6) is 11.5 Å². The van der Waals surface area contributed by atoms with E-state index in [9.17, 15) is 18.0 Å². The highest BCUT2D eigenvalue weighted by Gasteiger charge is 2.48. The molecule has 0 amide bonds. The summed E-state index contributed by atoms with van der Waals surface area (Å²) in [6.45, 7) is 1.94. The summed E-state index contributed by atoms with van der Waals surface area (Å²) < 4.78 is 48.7. The maximum atomic E-state index is 12.9. The minimum atomic E-state index is -4.82. The van der Waals surface area contributed by atoms with Crippen molar-refractivity contribution in [2.75, 3.05) is 6.61 Å². The molecule has 108 valence electrons. The second-order valence-electron chi connectivity index (χ2n) is 4.05. The SMILES string of the molecule is CCOc1cccc2c1O[C@H](C(F)(F)F)C(C(=O)O)=C2. The standard InChI is InChI=1S/C13H11F3O4/c1-2-19-9-5-3-4-7-6-8(12(17)18)11(13(14,15)16)20-10(7)9/h3-6,11H,2H2,1H3,(H,17,18)/t11-/m0/s1. The van der Waals surface area contributed by atoms with Crippen molar-refractivity contribution in [2.45, 2.75) is 19.2 Å². The van der Waals surface area contributed by atoms with Gasteiger partial charge >= 0.3 is 12.1 Å². The van der Waals surface area contributed by atoms with E-state index in [1.165, 1.54) is 12.1 Å². The molecule has 1 N–H and O–H groups in total. The monoisotopic (exact) mass is 288 g/mol. The lowest BCUT2D eigenvalue weighted by molar-refractivity contribution is -0.187. The maximum absolute atomic E-state index is 12.9. The number of para-hydroxylation sites is 1. The highest BCUT2D eigenvalue weighted by atomic mass is 19.4. The predicted molar refractivity (Wildman–Crippen MR) is 63.7 cm³/mol. The van der Waals surface area contributed by atoms with Crippen molar-refractivity contribution in [3.05, 3.63) is 29.3 Å². The molecular formula is C13H11F3O4. The molecule has 0 fully saturated rings. The van der Waals surface area contributed by atoms with Crippen molar-refractivity contribution >= 4 is 12.0 Å². The van der Waals surface area contributed by atoms with Crippen LogP contribution in [0.2, 0.25) is 0 Å². The van der Waals surface area contributed by atoms with Gasteiger partial charge in [0.2, 0.25) is 6.10 Å². The summed E-state index contributed by atoms with van der Waals surface area (Å²) in [7, 11) is 0. The number of hydrogen-bond donors (Lipinski definition) is 1. The molecule has 1 atom stereocenters. The van der Waals surface area contributed by atoms with E-state index in [-0.39, 0.29) is 23.7 Å². The third-order valence-corrected chi connectivity index (χ3v) is 2.68. The summed E-state index contributed by atoms with van der Waals surface area (Å²) in [5.41, 5.74) is -0.604. The van der Waals surface area contributed by atoms with Gasteiger partial charge in [-0.15, -0.1) is 0 Å². The molecular weight excluding hydrogens is 277 g/mol. The Labute approximate surface area is 112 Å². The summed E-state index contributed by atoms with van der Waals surface area (Å²) >= 11 is 0. The number of hydrogen-bond acceptors (Lipinski definition) is 3. The minimum absolute atomic E-state index is 0.0957. The molecule has 4 nitrogen and oxygen atoms in total. The number of rotatable bonds is 3. The molecule has 0 bridgehead atoms. The molecule has 0 aliphatic carbocycles. The molecule has 0 unspecified atom stereocenters. The van der Waals surface area contributed by atoms with Gasteiger partial charge in [0.1, 0.15) is 0 Å². The van der Waals surface area contributed by atoms with E-state index < -0.39 is 23.8 Å². The first kappa shape index (κ1) is 14.2. The molecule has 0 aromatic heterocycles. The Balaban J connectivity index is 2.54. The van der Waals surface area contributed by atoms with Gasteiger partial charge < -0.3 is 14.6 Å². The molecule has 1 aromatic rings. The number of carbonyl (C=O) groups is 1. The first-order valence-corrected chi connectivity index (χ1v) is 5.78. The van der Waals surface area contributed by atoms with Gasteiger partial charge in [0.15, 0.2) is 11.5 Å². The van der Waals surface area contributed by atoms with Crippen LogP contribution < -0.4 is 9.47 Å². The average molecular weight is 288 g/mol. The Morgan fingerprint density at radius 2 is 2.15 bits per heavy atom. The van der Waals surface area contributed by atoms with Crippen molar-refractivity contribution in [1.29, 1.82) is 0 Å². The van der Waals surface area contributed by atoms with E-state index in [2.05, 4.69) is 0 Å². The molecule has 0 radical (unpaired) electrons. The Hall–Kier alpha value is -2.18. The van der Waals surface area contributed by atoms with Crippen LogP contribution in [-0.2, 0) is 4.79 Å². The fourth-order valence-electron chi connectivity index (χ4n) is 1.88. The summed E-state index contributed by atoms with van der Waals surface area (Å²) in [6, 6.07) is 4.49. The molecule has 1 aromatic carbocycles. The van der Waals surface area contributed by atoms with Gasteiger partial charge in [-0.25, -0.2) is 4.79 Å². The molecule has 1 aliphatic heterocycles. The smallest absolute Gasteiger partial charge is 0.430 e. The van der Waals surface area contributed by atoms with Crippen molar-refractivity contribution in [1.82, 2.24) is 0 Å². The van der Waals surface area contributed by atoms with Gasteiger partial charge in [-0.1, -0.05) is 12.1 Å². The Morgan fingerprint density at radius 1 is 1.45 bits per heavy atom. The van der Waals surface area contributed by atoms with Crippen LogP contribution in [0.4, 0.5) is 13.2 Å². The highest BCUT2D eigenvalue weighted by molar-refractivity contribution is 5.95. The molecule has 0 saturated heterocycles. The quantitative estimate of drug-likeness (QED) is 0.929. The first-order valence-electron chi connectivity index (χ1n) is 5.78. The summed E-state index contributed by atoms with van der Waals surface area (Å²) in [5.74, 6) is -1.61. The zero-order chi connectivity index (χ0) is 14.9. The van der Waals surface area contributed by atoms with Gasteiger partial charge in [0, 0.05) is 5.56 Å². The number of ether oxygens (including phenoxy) is 2. The van der Waals surface area contributed by atoms with Gasteiger partial charge in [-0.2, -0.15) is 13.2 Å². The third kappa shape index (κ3) is 2.56. The van der Waals surface area contributed by atoms with E-state index in [4.69, 9.17) is 14.6 Å². The van der Waals surface area contributed by atoms with Crippen LogP contribution in [0.25, 0.3) is 6.08 Å². The first-order chi connectivity index (χ1) is 9.34. The summed E-state index contributed by atoms with van der Waals surface area (Å²) in [4.78, 5) is 11.0. The lowest BCUT2D eigenvalue weighted by Crippen LogP contribution is -2.40. The molecule has 1 heterocycles. The van der Waals surface area contributed by atoms with E-state index in [0.29, 0.717) is 0 Å². The van der Waals surface area contributed by atoms with E-state index >= 15 is 0 Å². The van der Waals surface area contributed by atoms with Gasteiger partial charge in [-0.05, 0) is 19.1 Å². The molecule has 20 heavy (non-hydrogen) atoms. The van der Waals surface area contributed by atoms with E-state index in [0.717, 1.165) is 6.08 Å². The zero-order valence-electron chi connectivity index (χ0n) is 10.4. The van der Waals surface area contributed by atoms with Crippen LogP contribution >= 0.6 is 0 Å². The normalized spacial score (nSPS) is 17.8. The van der Waals surface area contributed by atoms with Crippen molar-refractivity contribution < 1.29 is 32.5 Å². The number of carboxylic acids is 1. The van der Waals surface area contributed by atoms with Crippen LogP contribution in [-0.4, -0.2) is 30.0 Å². The number of benzene rings is 1. The van der Waals surface area contributed by atoms with Crippen LogP contribution in [0.15, 0.2) is 23.8 Å². The Morgan fingerprint density at radius 3 is 2.70 bits per heavy atom. The van der Waals surface area contributed by atoms with Gasteiger partial charge in [-0.3, -0.25) is 0 Å². The lowest BCUT2D eigenvalue weighted by atomic mass is 10.0. The topological polar surface area (TPSA) is 55.8 Å². The zero-order valence-corrected chi connectivity index (χ0v) is 10.4. The maximum Gasteiger partial charge on any atom is 0.430 e. The fraction of sp³-hybridized carbons (Fsp3) is 0.308. The molecule has 2 rings (SSSR count). The van der Waals surface area contributed by atoms with Crippen LogP contribution in [0.1, 0.15) is 12.5 Å². The molecule has 7 heteroatoms. The van der Waals surface area contributed by atoms with Crippen molar-refractivity contribution in [2.24, 2.45) is 0 Å². The second kappa shape index (κ2) is 5.07. The number of alkyl halides is 3. The number of fused-ring (bicyclic) bond motifs is 1. The number of carboxylic acid groups (broad SMARTS) is 1. The molecule has 1 aliphatic rings. The molecule has 0 spiro atoms. The molecule has 0 saturated carbocycles. The van der Waals surface area contributed by atoms with Gasteiger partial charge in [0.05, 0.1) is 12.2 Å². The average Bonchev–Trinajstić information content (AvgIpc) is 2.37. The van der Waals surface area contributed by atoms with E-state index in [1.54, 1.807) is 13.0 Å². The van der Waals surface area contributed by atoms with Gasteiger partial charge in [0.25, 0.3) is 0 Å². The Bertz CT molecular complexity index is 563. The van der Waals surface area contributed by atoms with Crippen LogP contribution in [0, 0.1) is 0 Å². The second-order valence-corrected chi connectivity index (χ2v) is 4.05. The summed E-state index contributed by atoms with van der Waals surface area (Å²) in [6.07, 6.45) is -6.36. The van der Waals surface area contributed by atoms with Crippen molar-refractivity contribution in [3.8, 4) is 11.5 Å².